The number of halogens is 1. The molecule has 2 heterocycles. The summed E-state index contributed by atoms with van der Waals surface area (Å²) in [6.07, 6.45) is 0. The monoisotopic (exact) mass is 456 g/mol. The van der Waals surface area contributed by atoms with Gasteiger partial charge in [-0.1, -0.05) is 12.1 Å². The molecule has 3 aromatic rings. The van der Waals surface area contributed by atoms with Crippen molar-refractivity contribution in [1.29, 1.82) is 0 Å². The van der Waals surface area contributed by atoms with Crippen LogP contribution in [0, 0.1) is 12.7 Å². The van der Waals surface area contributed by atoms with Crippen LogP contribution in [0.15, 0.2) is 35.1 Å². The molecule has 1 N–H and O–H groups in total. The Kier molecular flexibility index (Phi) is 5.81. The minimum atomic E-state index is -1.27. The summed E-state index contributed by atoms with van der Waals surface area (Å²) in [5.41, 5.74) is 4.17. The predicted molar refractivity (Wildman–Crippen MR) is 127 cm³/mol. The molecule has 32 heavy (non-hydrogen) atoms. The smallest absolute Gasteiger partial charge is 0.262 e. The highest BCUT2D eigenvalue weighted by Gasteiger charge is 2.30. The van der Waals surface area contributed by atoms with Gasteiger partial charge in [-0.3, -0.25) is 9.36 Å². The van der Waals surface area contributed by atoms with Crippen LogP contribution in [0.2, 0.25) is 0 Å². The summed E-state index contributed by atoms with van der Waals surface area (Å²) in [4.78, 5) is 20.2. The van der Waals surface area contributed by atoms with E-state index in [1.54, 1.807) is 17.7 Å². The molecule has 8 heteroatoms. The minimum Gasteiger partial charge on any atom is -0.598 e. The molecule has 0 saturated carbocycles. The van der Waals surface area contributed by atoms with Crippen LogP contribution in [0.25, 0.3) is 10.9 Å². The third-order valence-electron chi connectivity index (χ3n) is 5.81. The van der Waals surface area contributed by atoms with Gasteiger partial charge in [-0.05, 0) is 69.5 Å². The number of hydrogen-bond acceptors (Lipinski definition) is 5. The molecule has 4 rings (SSSR count). The van der Waals surface area contributed by atoms with Gasteiger partial charge in [0.1, 0.15) is 10.6 Å². The summed E-state index contributed by atoms with van der Waals surface area (Å²) >= 11 is -1.27. The average molecular weight is 457 g/mol. The molecule has 0 radical (unpaired) electrons. The summed E-state index contributed by atoms with van der Waals surface area (Å²) in [7, 11) is 1.71. The third-order valence-corrected chi connectivity index (χ3v) is 7.49. The Hall–Kier alpha value is -2.42. The van der Waals surface area contributed by atoms with Crippen molar-refractivity contribution in [1.82, 2.24) is 14.3 Å². The van der Waals surface area contributed by atoms with Gasteiger partial charge >= 0.3 is 0 Å². The molecule has 1 aliphatic heterocycles. The molecule has 6 nitrogen and oxygen atoms in total. The van der Waals surface area contributed by atoms with E-state index in [1.165, 1.54) is 12.1 Å². The van der Waals surface area contributed by atoms with Gasteiger partial charge in [-0.15, -0.1) is 4.72 Å². The molecule has 0 aliphatic carbocycles. The number of aromatic nitrogens is 2. The first kappa shape index (κ1) is 22.8. The Morgan fingerprint density at radius 3 is 2.56 bits per heavy atom. The average Bonchev–Trinajstić information content (AvgIpc) is 3.12. The summed E-state index contributed by atoms with van der Waals surface area (Å²) in [6.45, 7) is 10.7. The molecule has 1 unspecified atom stereocenters. The van der Waals surface area contributed by atoms with Crippen molar-refractivity contribution < 1.29 is 8.94 Å². The third kappa shape index (κ3) is 4.14. The van der Waals surface area contributed by atoms with Crippen molar-refractivity contribution in [3.8, 4) is 0 Å². The molecule has 170 valence electrons. The molecule has 1 aliphatic rings. The van der Waals surface area contributed by atoms with Gasteiger partial charge in [-0.25, -0.2) is 9.37 Å². The van der Waals surface area contributed by atoms with Gasteiger partial charge in [0.15, 0.2) is 0 Å². The highest BCUT2D eigenvalue weighted by atomic mass is 32.2. The van der Waals surface area contributed by atoms with Crippen LogP contribution < -0.4 is 15.2 Å². The fraction of sp³-hybridized carbons (Fsp3) is 0.417. The highest BCUT2D eigenvalue weighted by Crippen LogP contribution is 2.30. The van der Waals surface area contributed by atoms with E-state index in [1.807, 2.05) is 51.7 Å². The van der Waals surface area contributed by atoms with E-state index < -0.39 is 16.1 Å². The fourth-order valence-corrected chi connectivity index (χ4v) is 4.86. The number of hydrogen-bond donors (Lipinski definition) is 1. The Balaban J connectivity index is 1.80. The van der Waals surface area contributed by atoms with E-state index in [2.05, 4.69) is 4.72 Å². The Morgan fingerprint density at radius 1 is 1.19 bits per heavy atom. The van der Waals surface area contributed by atoms with Gasteiger partial charge in [0, 0.05) is 37.1 Å². The maximum Gasteiger partial charge on any atom is 0.262 e. The fourth-order valence-electron chi connectivity index (χ4n) is 4.06. The topological polar surface area (TPSA) is 73.2 Å². The molecule has 0 fully saturated rings. The predicted octanol–water partition coefficient (Wildman–Crippen LogP) is 4.01. The van der Waals surface area contributed by atoms with Crippen LogP contribution >= 0.6 is 0 Å². The second-order valence-electron chi connectivity index (χ2n) is 9.52. The van der Waals surface area contributed by atoms with Crippen molar-refractivity contribution in [3.05, 3.63) is 68.8 Å². The summed E-state index contributed by atoms with van der Waals surface area (Å²) in [5.74, 6) is 0.267. The molecule has 1 aromatic heterocycles. The first-order valence-corrected chi connectivity index (χ1v) is 11.8. The van der Waals surface area contributed by atoms with Crippen LogP contribution in [-0.2, 0) is 31.5 Å². The first-order chi connectivity index (χ1) is 15.0. The van der Waals surface area contributed by atoms with Crippen LogP contribution in [0.1, 0.15) is 56.0 Å². The van der Waals surface area contributed by atoms with E-state index >= 15 is 0 Å². The second kappa shape index (κ2) is 8.17. The SMILES string of the molecule is Cc1cc([C@@H](C)N[S+]([O-])C(C)(C)C)c2nc(N3Cc4ccc(F)cc4C3)n(C)c(=O)c2c1. The van der Waals surface area contributed by atoms with E-state index in [0.717, 1.165) is 22.3 Å². The van der Waals surface area contributed by atoms with Gasteiger partial charge in [0.05, 0.1) is 16.9 Å². The molecular weight excluding hydrogens is 427 g/mol. The molecule has 2 aromatic carbocycles. The second-order valence-corrected chi connectivity index (χ2v) is 11.5. The van der Waals surface area contributed by atoms with Gasteiger partial charge in [0.25, 0.3) is 5.56 Å². The van der Waals surface area contributed by atoms with Gasteiger partial charge < -0.3 is 9.45 Å². The minimum absolute atomic E-state index is 0.138. The Labute approximate surface area is 190 Å². The maximum atomic E-state index is 13.7. The number of anilines is 1. The first-order valence-electron chi connectivity index (χ1n) is 10.7. The van der Waals surface area contributed by atoms with Crippen LogP contribution in [-0.4, -0.2) is 18.9 Å². The van der Waals surface area contributed by atoms with Crippen molar-refractivity contribution in [2.45, 2.75) is 58.5 Å². The van der Waals surface area contributed by atoms with Crippen LogP contribution in [0.3, 0.4) is 0 Å². The lowest BCUT2D eigenvalue weighted by atomic mass is 10.0. The summed E-state index contributed by atoms with van der Waals surface area (Å²) < 4.78 is 30.7. The number of fused-ring (bicyclic) bond motifs is 2. The summed E-state index contributed by atoms with van der Waals surface area (Å²) in [5, 5.41) is 0.532. The van der Waals surface area contributed by atoms with Gasteiger partial charge in [-0.2, -0.15) is 0 Å². The zero-order chi connectivity index (χ0) is 23.4. The largest absolute Gasteiger partial charge is 0.598 e. The molecule has 0 bridgehead atoms. The zero-order valence-corrected chi connectivity index (χ0v) is 20.1. The number of nitrogens with zero attached hydrogens (tertiary/aromatic N) is 3. The van der Waals surface area contributed by atoms with Crippen molar-refractivity contribution in [3.63, 3.8) is 0 Å². The van der Waals surface area contributed by atoms with Crippen molar-refractivity contribution in [2.75, 3.05) is 4.90 Å². The normalized spacial score (nSPS) is 15.8. The number of nitrogens with one attached hydrogen (secondary N) is 1. The van der Waals surface area contributed by atoms with Crippen LogP contribution in [0.5, 0.6) is 0 Å². The lowest BCUT2D eigenvalue weighted by molar-refractivity contribution is 0.531. The van der Waals surface area contributed by atoms with E-state index in [9.17, 15) is 13.7 Å². The van der Waals surface area contributed by atoms with Crippen molar-refractivity contribution >= 4 is 28.2 Å². The Bertz CT molecular complexity index is 1250. The molecule has 0 saturated heterocycles. The quantitative estimate of drug-likeness (QED) is 0.601. The molecular formula is C24H29FN4O2S. The number of benzene rings is 2. The van der Waals surface area contributed by atoms with Crippen LogP contribution in [0.4, 0.5) is 10.3 Å². The van der Waals surface area contributed by atoms with Gasteiger partial charge in [0.2, 0.25) is 5.95 Å². The Morgan fingerprint density at radius 2 is 1.88 bits per heavy atom. The number of rotatable bonds is 4. The van der Waals surface area contributed by atoms with E-state index in [-0.39, 0.29) is 17.4 Å². The standard InChI is InChI=1S/C24H29FN4O2S/c1-14-9-19(15(2)27-32(31)24(3,4)5)21-20(10-14)22(30)28(6)23(26-21)29-12-16-7-8-18(25)11-17(16)13-29/h7-11,15,27H,12-13H2,1-6H3/t15-,32?/m1/s1. The highest BCUT2D eigenvalue weighted by molar-refractivity contribution is 7.90. The van der Waals surface area contributed by atoms with Crippen molar-refractivity contribution in [2.24, 2.45) is 7.05 Å². The van der Waals surface area contributed by atoms with E-state index in [0.29, 0.717) is 29.9 Å². The maximum absolute atomic E-state index is 13.7. The molecule has 2 atom stereocenters. The zero-order valence-electron chi connectivity index (χ0n) is 19.3. The van der Waals surface area contributed by atoms with E-state index in [4.69, 9.17) is 4.98 Å². The lowest BCUT2D eigenvalue weighted by Gasteiger charge is -2.27. The summed E-state index contributed by atoms with van der Waals surface area (Å²) in [6, 6.07) is 8.35. The molecule has 0 amide bonds. The molecule has 0 spiro atoms. The lowest BCUT2D eigenvalue weighted by Crippen LogP contribution is -2.40. The number of aryl methyl sites for hydroxylation is 1.